The van der Waals surface area contributed by atoms with E-state index in [1.54, 1.807) is 0 Å². The first-order chi connectivity index (χ1) is 9.06. The maximum Gasteiger partial charge on any atom is 0.129 e. The summed E-state index contributed by atoms with van der Waals surface area (Å²) in [5.74, 6) is 0.187. The SMILES string of the molecule is N#CC1(C(O)c2cc(Cl)ccc2F)CC2CCC1C2. The van der Waals surface area contributed by atoms with Gasteiger partial charge in [-0.3, -0.25) is 0 Å². The summed E-state index contributed by atoms with van der Waals surface area (Å²) in [6.45, 7) is 0. The molecule has 100 valence electrons. The molecule has 19 heavy (non-hydrogen) atoms. The van der Waals surface area contributed by atoms with Crippen molar-refractivity contribution in [3.05, 3.63) is 34.6 Å². The van der Waals surface area contributed by atoms with Crippen molar-refractivity contribution < 1.29 is 9.50 Å². The topological polar surface area (TPSA) is 44.0 Å². The third-order valence-corrected chi connectivity index (χ3v) is 5.08. The molecule has 0 heterocycles. The van der Waals surface area contributed by atoms with Crippen LogP contribution in [-0.2, 0) is 0 Å². The summed E-state index contributed by atoms with van der Waals surface area (Å²) in [6, 6.07) is 6.43. The summed E-state index contributed by atoms with van der Waals surface area (Å²) in [7, 11) is 0. The molecule has 4 heteroatoms. The van der Waals surface area contributed by atoms with Crippen molar-refractivity contribution in [1.82, 2.24) is 0 Å². The molecule has 1 aromatic carbocycles. The normalized spacial score (nSPS) is 34.2. The highest BCUT2D eigenvalue weighted by Gasteiger charge is 2.56. The molecular weight excluding hydrogens is 265 g/mol. The van der Waals surface area contributed by atoms with Crippen molar-refractivity contribution in [2.75, 3.05) is 0 Å². The monoisotopic (exact) mass is 279 g/mol. The van der Waals surface area contributed by atoms with Crippen LogP contribution in [0.1, 0.15) is 37.4 Å². The highest BCUT2D eigenvalue weighted by molar-refractivity contribution is 6.30. The first kappa shape index (κ1) is 12.9. The number of fused-ring (bicyclic) bond motifs is 2. The van der Waals surface area contributed by atoms with Gasteiger partial charge in [0.15, 0.2) is 0 Å². The first-order valence-corrected chi connectivity index (χ1v) is 6.99. The van der Waals surface area contributed by atoms with Crippen molar-refractivity contribution in [3.63, 3.8) is 0 Å². The minimum absolute atomic E-state index is 0.154. The number of aliphatic hydroxyl groups is 1. The molecule has 0 saturated heterocycles. The Morgan fingerprint density at radius 3 is 2.84 bits per heavy atom. The molecule has 0 spiro atoms. The molecule has 2 aliphatic rings. The molecule has 2 bridgehead atoms. The standard InChI is InChI=1S/C15H15ClFNO/c16-11-3-4-13(17)12(6-11)14(19)15(8-18)7-9-1-2-10(15)5-9/h3-4,6,9-10,14,19H,1-2,5,7H2. The van der Waals surface area contributed by atoms with Gasteiger partial charge in [0.1, 0.15) is 11.9 Å². The maximum atomic E-state index is 13.9. The van der Waals surface area contributed by atoms with E-state index in [0.29, 0.717) is 17.4 Å². The largest absolute Gasteiger partial charge is 0.387 e. The molecule has 2 fully saturated rings. The number of rotatable bonds is 2. The van der Waals surface area contributed by atoms with E-state index in [2.05, 4.69) is 6.07 Å². The summed E-state index contributed by atoms with van der Waals surface area (Å²) >= 11 is 5.87. The van der Waals surface area contributed by atoms with Crippen LogP contribution < -0.4 is 0 Å². The van der Waals surface area contributed by atoms with E-state index >= 15 is 0 Å². The molecule has 4 unspecified atom stereocenters. The summed E-state index contributed by atoms with van der Waals surface area (Å²) in [4.78, 5) is 0. The van der Waals surface area contributed by atoms with E-state index in [4.69, 9.17) is 11.6 Å². The summed E-state index contributed by atoms with van der Waals surface area (Å²) in [5, 5.41) is 20.5. The minimum Gasteiger partial charge on any atom is -0.387 e. The van der Waals surface area contributed by atoms with Gasteiger partial charge in [-0.05, 0) is 49.3 Å². The van der Waals surface area contributed by atoms with Crippen molar-refractivity contribution in [2.45, 2.75) is 31.8 Å². The van der Waals surface area contributed by atoms with Gasteiger partial charge >= 0.3 is 0 Å². The van der Waals surface area contributed by atoms with Gasteiger partial charge in [0.25, 0.3) is 0 Å². The molecule has 1 aromatic rings. The molecule has 0 aromatic heterocycles. The highest BCUT2D eigenvalue weighted by atomic mass is 35.5. The smallest absolute Gasteiger partial charge is 0.129 e. The predicted molar refractivity (Wildman–Crippen MR) is 69.9 cm³/mol. The molecular formula is C15H15ClFNO. The Balaban J connectivity index is 2.01. The van der Waals surface area contributed by atoms with E-state index in [9.17, 15) is 14.8 Å². The summed E-state index contributed by atoms with van der Waals surface area (Å²) in [6.07, 6.45) is 2.64. The molecule has 0 aliphatic heterocycles. The minimum atomic E-state index is -1.09. The second kappa shape index (κ2) is 4.47. The number of benzene rings is 1. The van der Waals surface area contributed by atoms with E-state index < -0.39 is 17.3 Å². The Morgan fingerprint density at radius 2 is 2.26 bits per heavy atom. The lowest BCUT2D eigenvalue weighted by molar-refractivity contribution is 0.0209. The molecule has 3 rings (SSSR count). The Labute approximate surface area is 116 Å². The lowest BCUT2D eigenvalue weighted by Crippen LogP contribution is -2.33. The maximum absolute atomic E-state index is 13.9. The average Bonchev–Trinajstić information content (AvgIpc) is 3.01. The van der Waals surface area contributed by atoms with E-state index in [-0.39, 0.29) is 11.5 Å². The van der Waals surface area contributed by atoms with Gasteiger partial charge in [-0.15, -0.1) is 0 Å². The van der Waals surface area contributed by atoms with Crippen molar-refractivity contribution in [2.24, 2.45) is 17.3 Å². The Hall–Kier alpha value is -1.11. The van der Waals surface area contributed by atoms with Crippen molar-refractivity contribution in [3.8, 4) is 6.07 Å². The second-order valence-corrected chi connectivity index (χ2v) is 6.24. The molecule has 0 radical (unpaired) electrons. The number of nitrogens with zero attached hydrogens (tertiary/aromatic N) is 1. The zero-order chi connectivity index (χ0) is 13.6. The van der Waals surface area contributed by atoms with Gasteiger partial charge in [0, 0.05) is 10.6 Å². The predicted octanol–water partition coefficient (Wildman–Crippen LogP) is 3.84. The summed E-state index contributed by atoms with van der Waals surface area (Å²) in [5.41, 5.74) is -0.685. The molecule has 2 nitrogen and oxygen atoms in total. The number of halogens is 2. The van der Waals surface area contributed by atoms with Gasteiger partial charge in [-0.25, -0.2) is 4.39 Å². The molecule has 2 aliphatic carbocycles. The zero-order valence-electron chi connectivity index (χ0n) is 10.4. The summed E-state index contributed by atoms with van der Waals surface area (Å²) < 4.78 is 13.9. The third kappa shape index (κ3) is 1.86. The zero-order valence-corrected chi connectivity index (χ0v) is 11.2. The number of hydrogen-bond acceptors (Lipinski definition) is 2. The van der Waals surface area contributed by atoms with Gasteiger partial charge < -0.3 is 5.11 Å². The number of hydrogen-bond donors (Lipinski definition) is 1. The highest BCUT2D eigenvalue weighted by Crippen LogP contribution is 2.60. The number of nitriles is 1. The molecule has 0 amide bonds. The van der Waals surface area contributed by atoms with Crippen LogP contribution in [-0.4, -0.2) is 5.11 Å². The average molecular weight is 280 g/mol. The van der Waals surface area contributed by atoms with E-state index in [1.165, 1.54) is 18.2 Å². The van der Waals surface area contributed by atoms with Crippen LogP contribution in [0.2, 0.25) is 5.02 Å². The van der Waals surface area contributed by atoms with Gasteiger partial charge in [0.2, 0.25) is 0 Å². The third-order valence-electron chi connectivity index (χ3n) is 4.84. The fourth-order valence-corrected chi connectivity index (χ4v) is 4.09. The lowest BCUT2D eigenvalue weighted by Gasteiger charge is -2.35. The Morgan fingerprint density at radius 1 is 1.47 bits per heavy atom. The lowest BCUT2D eigenvalue weighted by atomic mass is 9.68. The Kier molecular flexibility index (Phi) is 3.03. The van der Waals surface area contributed by atoms with Crippen LogP contribution in [0.5, 0.6) is 0 Å². The second-order valence-electron chi connectivity index (χ2n) is 5.80. The van der Waals surface area contributed by atoms with Crippen LogP contribution in [0.25, 0.3) is 0 Å². The van der Waals surface area contributed by atoms with Crippen LogP contribution in [0, 0.1) is 34.4 Å². The van der Waals surface area contributed by atoms with Crippen LogP contribution in [0.15, 0.2) is 18.2 Å². The first-order valence-electron chi connectivity index (χ1n) is 6.61. The van der Waals surface area contributed by atoms with Crippen LogP contribution >= 0.6 is 11.6 Å². The van der Waals surface area contributed by atoms with E-state index in [1.807, 2.05) is 0 Å². The molecule has 2 saturated carbocycles. The fraction of sp³-hybridized carbons (Fsp3) is 0.533. The number of aliphatic hydroxyl groups excluding tert-OH is 1. The molecule has 4 atom stereocenters. The van der Waals surface area contributed by atoms with Crippen LogP contribution in [0.4, 0.5) is 4.39 Å². The van der Waals surface area contributed by atoms with Gasteiger partial charge in [-0.1, -0.05) is 18.0 Å². The molecule has 1 N–H and O–H groups in total. The van der Waals surface area contributed by atoms with Crippen molar-refractivity contribution >= 4 is 11.6 Å². The Bertz CT molecular complexity index is 556. The van der Waals surface area contributed by atoms with Crippen molar-refractivity contribution in [1.29, 1.82) is 5.26 Å². The quantitative estimate of drug-likeness (QED) is 0.894. The van der Waals surface area contributed by atoms with E-state index in [0.717, 1.165) is 19.3 Å². The van der Waals surface area contributed by atoms with Gasteiger partial charge in [0.05, 0.1) is 11.5 Å². The fourth-order valence-electron chi connectivity index (χ4n) is 3.91. The van der Waals surface area contributed by atoms with Crippen LogP contribution in [0.3, 0.4) is 0 Å². The van der Waals surface area contributed by atoms with Gasteiger partial charge in [-0.2, -0.15) is 5.26 Å².